The van der Waals surface area contributed by atoms with Crippen molar-refractivity contribution in [2.75, 3.05) is 5.32 Å². The highest BCUT2D eigenvalue weighted by molar-refractivity contribution is 7.22. The topological polar surface area (TPSA) is 24.9 Å². The molecule has 4 heteroatoms. The fourth-order valence-electron chi connectivity index (χ4n) is 2.83. The van der Waals surface area contributed by atoms with E-state index in [-0.39, 0.29) is 0 Å². The van der Waals surface area contributed by atoms with Crippen LogP contribution in [0.3, 0.4) is 0 Å². The van der Waals surface area contributed by atoms with E-state index in [1.807, 2.05) is 18.2 Å². The van der Waals surface area contributed by atoms with Crippen molar-refractivity contribution in [2.45, 2.75) is 45.1 Å². The number of halogens is 1. The predicted octanol–water partition coefficient (Wildman–Crippen LogP) is 5.33. The second kappa shape index (κ2) is 5.68. The lowest BCUT2D eigenvalue weighted by Crippen LogP contribution is -2.26. The van der Waals surface area contributed by atoms with E-state index in [1.165, 1.54) is 32.1 Å². The maximum absolute atomic E-state index is 6.02. The lowest BCUT2D eigenvalue weighted by Gasteiger charge is -2.22. The first-order valence-corrected chi connectivity index (χ1v) is 8.24. The van der Waals surface area contributed by atoms with Crippen LogP contribution in [-0.4, -0.2) is 11.0 Å². The van der Waals surface area contributed by atoms with Crippen LogP contribution >= 0.6 is 22.9 Å². The number of benzene rings is 1. The van der Waals surface area contributed by atoms with Crippen molar-refractivity contribution >= 4 is 38.3 Å². The van der Waals surface area contributed by atoms with Crippen LogP contribution in [0.5, 0.6) is 0 Å². The third kappa shape index (κ3) is 3.03. The fourth-order valence-corrected chi connectivity index (χ4v) is 4.03. The summed E-state index contributed by atoms with van der Waals surface area (Å²) in [4.78, 5) is 4.66. The van der Waals surface area contributed by atoms with E-state index in [9.17, 15) is 0 Å². The molecule has 0 aliphatic heterocycles. The van der Waals surface area contributed by atoms with Gasteiger partial charge in [-0.15, -0.1) is 0 Å². The second-order valence-electron chi connectivity index (χ2n) is 5.50. The van der Waals surface area contributed by atoms with E-state index in [0.29, 0.717) is 6.04 Å². The minimum absolute atomic E-state index is 0.568. The molecule has 0 bridgehead atoms. The molecule has 1 fully saturated rings. The predicted molar refractivity (Wildman–Crippen MR) is 84.3 cm³/mol. The van der Waals surface area contributed by atoms with Crippen LogP contribution in [0.15, 0.2) is 18.2 Å². The van der Waals surface area contributed by atoms with Gasteiger partial charge in [-0.3, -0.25) is 0 Å². The molecule has 1 saturated carbocycles. The molecule has 0 radical (unpaired) electrons. The lowest BCUT2D eigenvalue weighted by atomic mass is 9.97. The molecule has 1 aromatic heterocycles. The third-order valence-corrected chi connectivity index (χ3v) is 5.21. The van der Waals surface area contributed by atoms with E-state index in [0.717, 1.165) is 26.3 Å². The molecule has 2 nitrogen and oxygen atoms in total. The van der Waals surface area contributed by atoms with Crippen molar-refractivity contribution < 1.29 is 0 Å². The van der Waals surface area contributed by atoms with Crippen LogP contribution in [0.2, 0.25) is 5.02 Å². The molecule has 2 unspecified atom stereocenters. The standard InChI is InChI=1S/C15H19ClN2S/c1-10-5-3-2-4-6-12(10)17-15-18-13-8-7-11(16)9-14(13)19-15/h7-10,12H,2-6H2,1H3,(H,17,18). The van der Waals surface area contributed by atoms with Gasteiger partial charge in [0.05, 0.1) is 10.2 Å². The van der Waals surface area contributed by atoms with Gasteiger partial charge in [0.15, 0.2) is 5.13 Å². The summed E-state index contributed by atoms with van der Waals surface area (Å²) in [6, 6.07) is 6.46. The first-order valence-electron chi connectivity index (χ1n) is 7.05. The highest BCUT2D eigenvalue weighted by Crippen LogP contribution is 2.31. The molecule has 2 atom stereocenters. The van der Waals surface area contributed by atoms with Crippen molar-refractivity contribution in [3.8, 4) is 0 Å². The van der Waals surface area contributed by atoms with Gasteiger partial charge >= 0.3 is 0 Å². The molecule has 1 aliphatic rings. The SMILES string of the molecule is CC1CCCCCC1Nc1nc2ccc(Cl)cc2s1. The molecule has 2 aromatic rings. The summed E-state index contributed by atoms with van der Waals surface area (Å²) >= 11 is 7.73. The Hall–Kier alpha value is -0.800. The monoisotopic (exact) mass is 294 g/mol. The molecule has 102 valence electrons. The molecule has 0 saturated heterocycles. The molecule has 3 rings (SSSR count). The minimum Gasteiger partial charge on any atom is -0.358 e. The van der Waals surface area contributed by atoms with Gasteiger partial charge in [-0.1, -0.05) is 49.1 Å². The van der Waals surface area contributed by atoms with Gasteiger partial charge in [-0.25, -0.2) is 4.98 Å². The zero-order valence-corrected chi connectivity index (χ0v) is 12.7. The van der Waals surface area contributed by atoms with Gasteiger partial charge in [-0.05, 0) is 37.0 Å². The van der Waals surface area contributed by atoms with Crippen LogP contribution in [0.4, 0.5) is 5.13 Å². The van der Waals surface area contributed by atoms with Crippen molar-refractivity contribution in [1.29, 1.82) is 0 Å². The number of thiazole rings is 1. The normalized spacial score (nSPS) is 24.3. The van der Waals surface area contributed by atoms with Crippen molar-refractivity contribution in [3.63, 3.8) is 0 Å². The molecule has 19 heavy (non-hydrogen) atoms. The van der Waals surface area contributed by atoms with Crippen molar-refractivity contribution in [1.82, 2.24) is 4.98 Å². The number of rotatable bonds is 2. The van der Waals surface area contributed by atoms with E-state index < -0.39 is 0 Å². The summed E-state index contributed by atoms with van der Waals surface area (Å²) in [5, 5.41) is 5.46. The Morgan fingerprint density at radius 1 is 1.26 bits per heavy atom. The van der Waals surface area contributed by atoms with E-state index in [2.05, 4.69) is 17.2 Å². The van der Waals surface area contributed by atoms with Gasteiger partial charge in [0.1, 0.15) is 0 Å². The maximum Gasteiger partial charge on any atom is 0.184 e. The van der Waals surface area contributed by atoms with Crippen LogP contribution < -0.4 is 5.32 Å². The zero-order chi connectivity index (χ0) is 13.2. The first kappa shape index (κ1) is 13.2. The summed E-state index contributed by atoms with van der Waals surface area (Å²) in [5.74, 6) is 0.734. The average molecular weight is 295 g/mol. The summed E-state index contributed by atoms with van der Waals surface area (Å²) in [6.45, 7) is 2.35. The van der Waals surface area contributed by atoms with Gasteiger partial charge in [0, 0.05) is 11.1 Å². The largest absolute Gasteiger partial charge is 0.358 e. The van der Waals surface area contributed by atoms with E-state index >= 15 is 0 Å². The van der Waals surface area contributed by atoms with E-state index in [1.54, 1.807) is 11.3 Å². The molecule has 1 N–H and O–H groups in total. The maximum atomic E-state index is 6.02. The summed E-state index contributed by atoms with van der Waals surface area (Å²) in [5.41, 5.74) is 1.04. The summed E-state index contributed by atoms with van der Waals surface area (Å²) < 4.78 is 1.16. The Morgan fingerprint density at radius 3 is 3.00 bits per heavy atom. The van der Waals surface area contributed by atoms with Gasteiger partial charge in [-0.2, -0.15) is 0 Å². The van der Waals surface area contributed by atoms with Crippen LogP contribution in [0.25, 0.3) is 10.2 Å². The Morgan fingerprint density at radius 2 is 2.11 bits per heavy atom. The van der Waals surface area contributed by atoms with Crippen LogP contribution in [0.1, 0.15) is 39.0 Å². The molecule has 1 heterocycles. The van der Waals surface area contributed by atoms with Gasteiger partial charge < -0.3 is 5.32 Å². The highest BCUT2D eigenvalue weighted by Gasteiger charge is 2.20. The van der Waals surface area contributed by atoms with Gasteiger partial charge in [0.2, 0.25) is 0 Å². The molecule has 1 aromatic carbocycles. The Balaban J connectivity index is 1.80. The highest BCUT2D eigenvalue weighted by atomic mass is 35.5. The molecular formula is C15H19ClN2S. The van der Waals surface area contributed by atoms with Crippen molar-refractivity contribution in [3.05, 3.63) is 23.2 Å². The van der Waals surface area contributed by atoms with Gasteiger partial charge in [0.25, 0.3) is 0 Å². The number of nitrogens with one attached hydrogen (secondary N) is 1. The van der Waals surface area contributed by atoms with Crippen LogP contribution in [-0.2, 0) is 0 Å². The van der Waals surface area contributed by atoms with Crippen LogP contribution in [0, 0.1) is 5.92 Å². The molecule has 1 aliphatic carbocycles. The summed E-state index contributed by atoms with van der Waals surface area (Å²) in [6.07, 6.45) is 6.66. The Kier molecular flexibility index (Phi) is 3.94. The Bertz CT molecular complexity index is 566. The fraction of sp³-hybridized carbons (Fsp3) is 0.533. The second-order valence-corrected chi connectivity index (χ2v) is 6.96. The van der Waals surface area contributed by atoms with E-state index in [4.69, 9.17) is 11.6 Å². The number of anilines is 1. The summed E-state index contributed by atoms with van der Waals surface area (Å²) in [7, 11) is 0. The molecular weight excluding hydrogens is 276 g/mol. The number of aromatic nitrogens is 1. The molecule has 0 amide bonds. The average Bonchev–Trinajstić information content (AvgIpc) is 2.66. The quantitative estimate of drug-likeness (QED) is 0.757. The minimum atomic E-state index is 0.568. The number of hydrogen-bond acceptors (Lipinski definition) is 3. The molecule has 0 spiro atoms. The third-order valence-electron chi connectivity index (χ3n) is 4.02. The number of fused-ring (bicyclic) bond motifs is 1. The smallest absolute Gasteiger partial charge is 0.184 e. The number of nitrogens with zero attached hydrogens (tertiary/aromatic N) is 1. The number of hydrogen-bond donors (Lipinski definition) is 1. The first-order chi connectivity index (χ1) is 9.22. The van der Waals surface area contributed by atoms with Crippen molar-refractivity contribution in [2.24, 2.45) is 5.92 Å². The lowest BCUT2D eigenvalue weighted by molar-refractivity contribution is 0.456. The zero-order valence-electron chi connectivity index (χ0n) is 11.2. The Labute approximate surface area is 123 Å².